The van der Waals surface area contributed by atoms with Crippen molar-refractivity contribution < 1.29 is 23.5 Å². The van der Waals surface area contributed by atoms with Crippen molar-refractivity contribution in [3.8, 4) is 23.0 Å². The minimum absolute atomic E-state index is 0.259. The Balaban J connectivity index is 1.69. The number of nitro groups is 1. The van der Waals surface area contributed by atoms with E-state index in [0.29, 0.717) is 29.0 Å². The van der Waals surface area contributed by atoms with Crippen LogP contribution in [0, 0.1) is 15.9 Å². The molecule has 4 aromatic rings. The molecule has 156 valence electrons. The molecule has 3 aromatic carbocycles. The maximum absolute atomic E-state index is 14.5. The third kappa shape index (κ3) is 4.23. The van der Waals surface area contributed by atoms with Gasteiger partial charge in [0.2, 0.25) is 5.82 Å². The van der Waals surface area contributed by atoms with Crippen molar-refractivity contribution in [1.82, 2.24) is 4.98 Å². The molecule has 0 N–H and O–H groups in total. The summed E-state index contributed by atoms with van der Waals surface area (Å²) in [5.74, 6) is -0.0968. The summed E-state index contributed by atoms with van der Waals surface area (Å²) in [4.78, 5) is 14.5. The van der Waals surface area contributed by atoms with Gasteiger partial charge in [-0.05, 0) is 23.8 Å². The second-order valence-electron chi connectivity index (χ2n) is 6.55. The molecule has 1 aromatic heterocycles. The van der Waals surface area contributed by atoms with Gasteiger partial charge in [0.25, 0.3) is 0 Å². The predicted molar refractivity (Wildman–Crippen MR) is 112 cm³/mol. The second-order valence-corrected chi connectivity index (χ2v) is 6.55. The van der Waals surface area contributed by atoms with Crippen molar-refractivity contribution in [3.05, 3.63) is 94.4 Å². The second kappa shape index (κ2) is 8.66. The van der Waals surface area contributed by atoms with E-state index in [-0.39, 0.29) is 11.5 Å². The van der Waals surface area contributed by atoms with Gasteiger partial charge in [-0.1, -0.05) is 36.4 Å². The number of benzene rings is 3. The molecule has 0 saturated heterocycles. The molecule has 0 spiro atoms. The van der Waals surface area contributed by atoms with E-state index in [9.17, 15) is 14.5 Å². The summed E-state index contributed by atoms with van der Waals surface area (Å²) in [7, 11) is 1.51. The fourth-order valence-electron chi connectivity index (χ4n) is 3.06. The molecule has 7 nitrogen and oxygen atoms in total. The molecule has 0 radical (unpaired) electrons. The monoisotopic (exact) mass is 420 g/mol. The number of hydrogen-bond donors (Lipinski definition) is 0. The van der Waals surface area contributed by atoms with Crippen LogP contribution >= 0.6 is 0 Å². The van der Waals surface area contributed by atoms with E-state index < -0.39 is 16.4 Å². The number of halogens is 1. The maximum atomic E-state index is 14.5. The first-order chi connectivity index (χ1) is 15.1. The van der Waals surface area contributed by atoms with Crippen LogP contribution in [0.2, 0.25) is 0 Å². The van der Waals surface area contributed by atoms with E-state index in [1.807, 2.05) is 30.3 Å². The Bertz CT molecular complexity index is 1250. The van der Waals surface area contributed by atoms with Gasteiger partial charge in [-0.25, -0.2) is 0 Å². The van der Waals surface area contributed by atoms with E-state index in [0.717, 1.165) is 11.6 Å². The topological polar surface area (TPSA) is 83.7 Å². The molecule has 0 aliphatic heterocycles. The standard InChI is InChI=1S/C23H17FN2O5/c1-29-21-12-16-17(13-22(21)30-14-15-6-3-2-4-7-15)25-11-10-19(16)31-20-9-5-8-18(23(20)24)26(27)28/h2-13H,14H2,1H3. The van der Waals surface area contributed by atoms with E-state index in [1.165, 1.54) is 25.4 Å². The minimum Gasteiger partial charge on any atom is -0.493 e. The first kappa shape index (κ1) is 20.1. The third-order valence-corrected chi connectivity index (χ3v) is 4.58. The Morgan fingerprint density at radius 3 is 2.52 bits per heavy atom. The molecule has 0 aliphatic rings. The number of pyridine rings is 1. The fraction of sp³-hybridized carbons (Fsp3) is 0.0870. The van der Waals surface area contributed by atoms with Gasteiger partial charge in [0, 0.05) is 23.7 Å². The van der Waals surface area contributed by atoms with Gasteiger partial charge in [0.15, 0.2) is 17.2 Å². The maximum Gasteiger partial charge on any atom is 0.308 e. The molecule has 0 saturated carbocycles. The van der Waals surface area contributed by atoms with Gasteiger partial charge in [-0.3, -0.25) is 15.1 Å². The molecule has 0 unspecified atom stereocenters. The zero-order valence-corrected chi connectivity index (χ0v) is 16.4. The Kier molecular flexibility index (Phi) is 5.61. The van der Waals surface area contributed by atoms with Crippen molar-refractivity contribution in [1.29, 1.82) is 0 Å². The first-order valence-electron chi connectivity index (χ1n) is 9.31. The Morgan fingerprint density at radius 2 is 1.77 bits per heavy atom. The molecule has 0 amide bonds. The number of fused-ring (bicyclic) bond motifs is 1. The molecular weight excluding hydrogens is 403 g/mol. The third-order valence-electron chi connectivity index (χ3n) is 4.58. The molecule has 4 rings (SSSR count). The van der Waals surface area contributed by atoms with E-state index in [1.54, 1.807) is 18.2 Å². The minimum atomic E-state index is -1.05. The normalized spacial score (nSPS) is 10.6. The zero-order chi connectivity index (χ0) is 21.8. The number of aromatic nitrogens is 1. The van der Waals surface area contributed by atoms with Crippen LogP contribution in [0.1, 0.15) is 5.56 Å². The Hall–Kier alpha value is -4.20. The predicted octanol–water partition coefficient (Wildman–Crippen LogP) is 5.66. The van der Waals surface area contributed by atoms with Crippen LogP contribution in [0.4, 0.5) is 10.1 Å². The van der Waals surface area contributed by atoms with Gasteiger partial charge < -0.3 is 14.2 Å². The molecule has 0 bridgehead atoms. The molecular formula is C23H17FN2O5. The molecule has 1 heterocycles. The lowest BCUT2D eigenvalue weighted by molar-refractivity contribution is -0.387. The van der Waals surface area contributed by atoms with Crippen LogP contribution in [-0.2, 0) is 6.61 Å². The number of nitro benzene ring substituents is 1. The fourth-order valence-corrected chi connectivity index (χ4v) is 3.06. The Morgan fingerprint density at radius 1 is 0.968 bits per heavy atom. The van der Waals surface area contributed by atoms with Crippen molar-refractivity contribution >= 4 is 16.6 Å². The number of hydrogen-bond acceptors (Lipinski definition) is 6. The highest BCUT2D eigenvalue weighted by Crippen LogP contribution is 2.38. The van der Waals surface area contributed by atoms with E-state index >= 15 is 0 Å². The van der Waals surface area contributed by atoms with Gasteiger partial charge in [-0.2, -0.15) is 4.39 Å². The summed E-state index contributed by atoms with van der Waals surface area (Å²) < 4.78 is 31.5. The average Bonchev–Trinajstić information content (AvgIpc) is 2.79. The quantitative estimate of drug-likeness (QED) is 0.283. The lowest BCUT2D eigenvalue weighted by Crippen LogP contribution is -1.99. The number of nitrogens with zero attached hydrogens (tertiary/aromatic N) is 2. The van der Waals surface area contributed by atoms with Crippen LogP contribution in [0.15, 0.2) is 72.9 Å². The van der Waals surface area contributed by atoms with Crippen LogP contribution < -0.4 is 14.2 Å². The highest BCUT2D eigenvalue weighted by Gasteiger charge is 2.20. The smallest absolute Gasteiger partial charge is 0.308 e. The van der Waals surface area contributed by atoms with Crippen molar-refractivity contribution in [2.75, 3.05) is 7.11 Å². The molecule has 0 aliphatic carbocycles. The average molecular weight is 420 g/mol. The zero-order valence-electron chi connectivity index (χ0n) is 16.4. The van der Waals surface area contributed by atoms with Crippen LogP contribution in [0.3, 0.4) is 0 Å². The lowest BCUT2D eigenvalue weighted by Gasteiger charge is -2.14. The van der Waals surface area contributed by atoms with Gasteiger partial charge in [0.05, 0.1) is 17.5 Å². The SMILES string of the molecule is COc1cc2c(Oc3cccc([N+](=O)[O-])c3F)ccnc2cc1OCc1ccccc1. The molecule has 0 atom stereocenters. The summed E-state index contributed by atoms with van der Waals surface area (Å²) in [6.07, 6.45) is 1.50. The summed E-state index contributed by atoms with van der Waals surface area (Å²) in [5.41, 5.74) is 0.869. The first-order valence-corrected chi connectivity index (χ1v) is 9.31. The highest BCUT2D eigenvalue weighted by molar-refractivity contribution is 5.88. The molecule has 31 heavy (non-hydrogen) atoms. The number of rotatable bonds is 7. The van der Waals surface area contributed by atoms with Crippen molar-refractivity contribution in [3.63, 3.8) is 0 Å². The van der Waals surface area contributed by atoms with Gasteiger partial charge >= 0.3 is 5.69 Å². The number of methoxy groups -OCH3 is 1. The summed E-state index contributed by atoms with van der Waals surface area (Å²) in [6.45, 7) is 0.345. The van der Waals surface area contributed by atoms with Crippen molar-refractivity contribution in [2.45, 2.75) is 6.61 Å². The lowest BCUT2D eigenvalue weighted by atomic mass is 10.1. The summed E-state index contributed by atoms with van der Waals surface area (Å²) in [5, 5.41) is 11.5. The number of ether oxygens (including phenoxy) is 3. The van der Waals surface area contributed by atoms with Crippen LogP contribution in [0.5, 0.6) is 23.0 Å². The highest BCUT2D eigenvalue weighted by atomic mass is 19.1. The largest absolute Gasteiger partial charge is 0.493 e. The van der Waals surface area contributed by atoms with Crippen molar-refractivity contribution in [2.24, 2.45) is 0 Å². The molecule has 0 fully saturated rings. The summed E-state index contributed by atoms with van der Waals surface area (Å²) in [6, 6.07) is 18.4. The van der Waals surface area contributed by atoms with Crippen LogP contribution in [-0.4, -0.2) is 17.0 Å². The van der Waals surface area contributed by atoms with Gasteiger partial charge in [0.1, 0.15) is 12.4 Å². The Labute approximate surface area is 176 Å². The van der Waals surface area contributed by atoms with Gasteiger partial charge in [-0.15, -0.1) is 0 Å². The van der Waals surface area contributed by atoms with Crippen LogP contribution in [0.25, 0.3) is 10.9 Å². The summed E-state index contributed by atoms with van der Waals surface area (Å²) >= 11 is 0. The molecule has 8 heteroatoms. The van der Waals surface area contributed by atoms with E-state index in [2.05, 4.69) is 4.98 Å². The van der Waals surface area contributed by atoms with E-state index in [4.69, 9.17) is 14.2 Å².